The maximum Gasteiger partial charge on any atom is 0.266 e. The lowest BCUT2D eigenvalue weighted by molar-refractivity contribution is 0.150. The fourth-order valence-electron chi connectivity index (χ4n) is 0.644. The van der Waals surface area contributed by atoms with Gasteiger partial charge in [-0.05, 0) is 38.5 Å². The third kappa shape index (κ3) is 1.85. The van der Waals surface area contributed by atoms with Crippen LogP contribution in [0.3, 0.4) is 0 Å². The summed E-state index contributed by atoms with van der Waals surface area (Å²) in [5.41, 5.74) is 5.28. The van der Waals surface area contributed by atoms with Gasteiger partial charge in [0.25, 0.3) is 6.43 Å². The average molecular weight is 349 g/mol. The quantitative estimate of drug-likeness (QED) is 0.792. The first-order valence-electron chi connectivity index (χ1n) is 2.91. The fraction of sp³-hybridized carbons (Fsp3) is 0.167. The Morgan fingerprint density at radius 1 is 1.58 bits per heavy atom. The zero-order chi connectivity index (χ0) is 9.30. The van der Waals surface area contributed by atoms with Crippen LogP contribution in [0.25, 0.3) is 0 Å². The zero-order valence-electron chi connectivity index (χ0n) is 5.69. The largest absolute Gasteiger partial charge is 0.383 e. The lowest BCUT2D eigenvalue weighted by atomic mass is 10.3. The van der Waals surface area contributed by atoms with Gasteiger partial charge in [-0.1, -0.05) is 0 Å². The number of pyridine rings is 1. The number of aromatic nitrogens is 1. The van der Waals surface area contributed by atoms with E-state index in [1.165, 1.54) is 0 Å². The summed E-state index contributed by atoms with van der Waals surface area (Å²) in [5.74, 6) is 0.226. The van der Waals surface area contributed by atoms with E-state index in [9.17, 15) is 8.78 Å². The van der Waals surface area contributed by atoms with Crippen molar-refractivity contribution in [1.82, 2.24) is 4.98 Å². The number of nitrogens with two attached hydrogens (primary N) is 1. The molecule has 0 bridgehead atoms. The molecule has 0 saturated heterocycles. The van der Waals surface area contributed by atoms with Crippen molar-refractivity contribution in [2.45, 2.75) is 6.43 Å². The van der Waals surface area contributed by atoms with E-state index in [0.717, 1.165) is 6.20 Å². The van der Waals surface area contributed by atoms with Gasteiger partial charge in [0.2, 0.25) is 0 Å². The molecule has 0 radical (unpaired) electrons. The highest BCUT2D eigenvalue weighted by molar-refractivity contribution is 14.1. The molecule has 0 aliphatic carbocycles. The van der Waals surface area contributed by atoms with Crippen molar-refractivity contribution in [3.05, 3.63) is 19.8 Å². The Bertz CT molecular complexity index is 306. The normalized spacial score (nSPS) is 10.8. The standard InChI is InChI=1S/C6H4BrF2IN2/c7-3-4(10)2(5(8)9)1-12-6(3)11/h1,5H,(H2,11,12). The molecule has 1 rings (SSSR count). The molecule has 0 atom stereocenters. The van der Waals surface area contributed by atoms with Crippen LogP contribution < -0.4 is 5.73 Å². The minimum atomic E-state index is -2.51. The summed E-state index contributed by atoms with van der Waals surface area (Å²) in [6, 6.07) is 0. The second kappa shape index (κ2) is 3.82. The number of hydrogen-bond donors (Lipinski definition) is 1. The predicted molar refractivity (Wildman–Crippen MR) is 54.0 cm³/mol. The van der Waals surface area contributed by atoms with Crippen molar-refractivity contribution in [2.24, 2.45) is 0 Å². The number of halogens is 4. The number of nitrogen functional groups attached to an aromatic ring is 1. The summed E-state index contributed by atoms with van der Waals surface area (Å²) < 4.78 is 25.3. The van der Waals surface area contributed by atoms with Crippen LogP contribution in [0.2, 0.25) is 0 Å². The molecular formula is C6H4BrF2IN2. The smallest absolute Gasteiger partial charge is 0.266 e. The molecule has 1 aromatic rings. The Morgan fingerprint density at radius 3 is 2.67 bits per heavy atom. The molecule has 0 unspecified atom stereocenters. The van der Waals surface area contributed by atoms with Crippen molar-refractivity contribution in [2.75, 3.05) is 5.73 Å². The minimum absolute atomic E-state index is 0.100. The van der Waals surface area contributed by atoms with Gasteiger partial charge in [0.1, 0.15) is 5.82 Å². The third-order valence-corrected chi connectivity index (χ3v) is 3.96. The Hall–Kier alpha value is 0.0200. The van der Waals surface area contributed by atoms with Crippen molar-refractivity contribution >= 4 is 44.3 Å². The molecular weight excluding hydrogens is 345 g/mol. The highest BCUT2D eigenvalue weighted by atomic mass is 127. The molecule has 12 heavy (non-hydrogen) atoms. The van der Waals surface area contributed by atoms with E-state index in [1.807, 2.05) is 0 Å². The number of hydrogen-bond acceptors (Lipinski definition) is 2. The van der Waals surface area contributed by atoms with Gasteiger partial charge in [-0.15, -0.1) is 0 Å². The Morgan fingerprint density at radius 2 is 2.17 bits per heavy atom. The van der Waals surface area contributed by atoms with Crippen LogP contribution in [0.4, 0.5) is 14.6 Å². The molecule has 2 N–H and O–H groups in total. The van der Waals surface area contributed by atoms with Gasteiger partial charge in [0, 0.05) is 9.77 Å². The van der Waals surface area contributed by atoms with Gasteiger partial charge in [-0.2, -0.15) is 0 Å². The van der Waals surface area contributed by atoms with E-state index in [4.69, 9.17) is 5.73 Å². The van der Waals surface area contributed by atoms with Crippen molar-refractivity contribution < 1.29 is 8.78 Å². The fourth-order valence-corrected chi connectivity index (χ4v) is 1.63. The summed E-state index contributed by atoms with van der Waals surface area (Å²) in [4.78, 5) is 3.61. The zero-order valence-corrected chi connectivity index (χ0v) is 9.43. The van der Waals surface area contributed by atoms with E-state index < -0.39 is 6.43 Å². The van der Waals surface area contributed by atoms with Gasteiger partial charge in [-0.3, -0.25) is 0 Å². The molecule has 6 heteroatoms. The summed E-state index contributed by atoms with van der Waals surface area (Å²) >= 11 is 4.87. The summed E-state index contributed by atoms with van der Waals surface area (Å²) in [5, 5.41) is 0. The highest BCUT2D eigenvalue weighted by Gasteiger charge is 2.15. The first-order chi connectivity index (χ1) is 5.54. The summed E-state index contributed by atoms with van der Waals surface area (Å²) in [6.07, 6.45) is -1.42. The van der Waals surface area contributed by atoms with Gasteiger partial charge in [0.15, 0.2) is 0 Å². The summed E-state index contributed by atoms with van der Waals surface area (Å²) in [6.45, 7) is 0. The second-order valence-corrected chi connectivity index (χ2v) is 3.90. The molecule has 0 amide bonds. The molecule has 2 nitrogen and oxygen atoms in total. The Kier molecular flexibility index (Phi) is 3.22. The van der Waals surface area contributed by atoms with Crippen LogP contribution in [-0.4, -0.2) is 4.98 Å². The van der Waals surface area contributed by atoms with Crippen LogP contribution in [0.1, 0.15) is 12.0 Å². The second-order valence-electron chi connectivity index (χ2n) is 2.03. The molecule has 0 aliphatic heterocycles. The van der Waals surface area contributed by atoms with Crippen LogP contribution in [0.15, 0.2) is 10.7 Å². The van der Waals surface area contributed by atoms with Gasteiger partial charge in [-0.25, -0.2) is 13.8 Å². The van der Waals surface area contributed by atoms with E-state index in [-0.39, 0.29) is 11.4 Å². The molecule has 0 aromatic carbocycles. The number of rotatable bonds is 1. The van der Waals surface area contributed by atoms with E-state index in [2.05, 4.69) is 20.9 Å². The number of anilines is 1. The molecule has 1 heterocycles. The van der Waals surface area contributed by atoms with Crippen LogP contribution in [0.5, 0.6) is 0 Å². The predicted octanol–water partition coefficient (Wildman–Crippen LogP) is 2.97. The van der Waals surface area contributed by atoms with Crippen LogP contribution >= 0.6 is 38.5 Å². The average Bonchev–Trinajstić information content (AvgIpc) is 2.00. The maximum absolute atomic E-state index is 12.2. The van der Waals surface area contributed by atoms with Gasteiger partial charge in [0.05, 0.1) is 10.0 Å². The first-order valence-corrected chi connectivity index (χ1v) is 4.78. The minimum Gasteiger partial charge on any atom is -0.383 e. The molecule has 0 fully saturated rings. The summed E-state index contributed by atoms with van der Waals surface area (Å²) in [7, 11) is 0. The van der Waals surface area contributed by atoms with Gasteiger partial charge >= 0.3 is 0 Å². The topological polar surface area (TPSA) is 38.9 Å². The molecule has 0 aliphatic rings. The number of alkyl halides is 2. The molecule has 66 valence electrons. The van der Waals surface area contributed by atoms with Crippen molar-refractivity contribution in [3.63, 3.8) is 0 Å². The Balaban J connectivity index is 3.27. The van der Waals surface area contributed by atoms with E-state index in [1.54, 1.807) is 22.6 Å². The van der Waals surface area contributed by atoms with Crippen LogP contribution in [0, 0.1) is 3.57 Å². The van der Waals surface area contributed by atoms with Crippen molar-refractivity contribution in [3.8, 4) is 0 Å². The highest BCUT2D eigenvalue weighted by Crippen LogP contribution is 2.31. The monoisotopic (exact) mass is 348 g/mol. The lowest BCUT2D eigenvalue weighted by Crippen LogP contribution is -1.98. The third-order valence-electron chi connectivity index (χ3n) is 1.25. The molecule has 1 aromatic heterocycles. The molecule has 0 spiro atoms. The van der Waals surface area contributed by atoms with Crippen molar-refractivity contribution in [1.29, 1.82) is 0 Å². The van der Waals surface area contributed by atoms with E-state index in [0.29, 0.717) is 8.04 Å². The SMILES string of the molecule is Nc1ncc(C(F)F)c(I)c1Br. The maximum atomic E-state index is 12.2. The first kappa shape index (κ1) is 10.1. The number of nitrogens with zero attached hydrogens (tertiary/aromatic N) is 1. The van der Waals surface area contributed by atoms with Crippen LogP contribution in [-0.2, 0) is 0 Å². The lowest BCUT2D eigenvalue weighted by Gasteiger charge is -2.05. The molecule has 0 saturated carbocycles. The van der Waals surface area contributed by atoms with E-state index >= 15 is 0 Å². The van der Waals surface area contributed by atoms with Gasteiger partial charge < -0.3 is 5.73 Å². The Labute approximate surface area is 89.8 Å².